The number of anilines is 2. The van der Waals surface area contributed by atoms with Gasteiger partial charge in [0.1, 0.15) is 18.5 Å². The molecule has 14 nitrogen and oxygen atoms in total. The van der Waals surface area contributed by atoms with Gasteiger partial charge in [-0.3, -0.25) is 19.9 Å². The van der Waals surface area contributed by atoms with Crippen LogP contribution in [0.25, 0.3) is 11.2 Å². The van der Waals surface area contributed by atoms with Crippen molar-refractivity contribution in [2.24, 2.45) is 5.73 Å². The maximum Gasteiger partial charge on any atom is 0.356 e. The van der Waals surface area contributed by atoms with Gasteiger partial charge in [0.2, 0.25) is 5.52 Å². The molecule has 0 fully saturated rings. The van der Waals surface area contributed by atoms with Crippen molar-refractivity contribution >= 4 is 34.7 Å². The molecule has 0 radical (unpaired) electrons. The summed E-state index contributed by atoms with van der Waals surface area (Å²) < 4.78 is 0. The molecule has 1 aromatic carbocycles. The molecule has 11 N–H and O–H groups in total. The van der Waals surface area contributed by atoms with Crippen LogP contribution in [0.5, 0.6) is 0 Å². The number of benzene rings is 1. The summed E-state index contributed by atoms with van der Waals surface area (Å²) in [4.78, 5) is 49.5. The highest BCUT2D eigenvalue weighted by molar-refractivity contribution is 5.96. The minimum Gasteiger partial charge on any atom is -0.480 e. The fourth-order valence-corrected chi connectivity index (χ4v) is 3.21. The van der Waals surface area contributed by atoms with Gasteiger partial charge >= 0.3 is 17.6 Å². The third-order valence-electron chi connectivity index (χ3n) is 5.02. The molecule has 35 heavy (non-hydrogen) atoms. The molecule has 1 amide bonds. The van der Waals surface area contributed by atoms with Gasteiger partial charge in [-0.05, 0) is 42.1 Å². The molecular formula is C21H28N9O5+. The maximum atomic E-state index is 12.5. The lowest BCUT2D eigenvalue weighted by Crippen LogP contribution is -2.42. The SMILES string of the molecule is NCCNC(O)CCC(NC(=O)c1ccc(NCc2c[nH+]c3nc(N)[nH]c(=O)c3n2)cc1)C(=O)O. The number of nitrogens with two attached hydrogens (primary N) is 2. The smallest absolute Gasteiger partial charge is 0.356 e. The van der Waals surface area contributed by atoms with Crippen molar-refractivity contribution in [2.75, 3.05) is 24.1 Å². The van der Waals surface area contributed by atoms with Gasteiger partial charge in [-0.15, -0.1) is 0 Å². The van der Waals surface area contributed by atoms with Gasteiger partial charge in [0.05, 0.1) is 12.2 Å². The van der Waals surface area contributed by atoms with E-state index >= 15 is 0 Å². The Morgan fingerprint density at radius 2 is 1.91 bits per heavy atom. The molecule has 3 aromatic rings. The van der Waals surface area contributed by atoms with Crippen LogP contribution in [-0.4, -0.2) is 62.4 Å². The van der Waals surface area contributed by atoms with Crippen LogP contribution in [0.2, 0.25) is 0 Å². The van der Waals surface area contributed by atoms with E-state index in [1.807, 2.05) is 0 Å². The largest absolute Gasteiger partial charge is 0.480 e. The molecule has 186 valence electrons. The first-order valence-electron chi connectivity index (χ1n) is 10.8. The van der Waals surface area contributed by atoms with Crippen molar-refractivity contribution in [1.82, 2.24) is 25.6 Å². The Morgan fingerprint density at radius 3 is 2.60 bits per heavy atom. The maximum absolute atomic E-state index is 12.5. The van der Waals surface area contributed by atoms with E-state index in [0.29, 0.717) is 24.5 Å². The lowest BCUT2D eigenvalue weighted by atomic mass is 10.1. The lowest BCUT2D eigenvalue weighted by molar-refractivity contribution is -0.349. The number of carbonyl (C=O) groups excluding carboxylic acids is 1. The quantitative estimate of drug-likeness (QED) is 0.132. The second-order valence-electron chi connectivity index (χ2n) is 7.67. The molecule has 2 atom stereocenters. The zero-order valence-electron chi connectivity index (χ0n) is 18.7. The first kappa shape index (κ1) is 25.5. The van der Waals surface area contributed by atoms with Crippen LogP contribution in [0.1, 0.15) is 28.9 Å². The molecule has 0 aliphatic carbocycles. The molecule has 0 saturated heterocycles. The van der Waals surface area contributed by atoms with E-state index in [-0.39, 0.29) is 42.1 Å². The number of carboxylic acid groups (broad SMARTS) is 1. The van der Waals surface area contributed by atoms with Crippen LogP contribution in [0.3, 0.4) is 0 Å². The Labute approximate surface area is 199 Å². The average molecular weight is 487 g/mol. The summed E-state index contributed by atoms with van der Waals surface area (Å²) >= 11 is 0. The standard InChI is InChI=1S/C21H27N9O5/c22-7-8-24-15(31)6-5-14(20(34)35)28-18(32)11-1-3-12(4-2-11)25-9-13-10-26-17-16(27-13)19(33)30-21(23)29-17/h1-4,10,14-15,24-25,31H,5-9,22H2,(H,28,32)(H,34,35)(H3,23,26,29,30,33)/p+1. The number of aromatic amines is 2. The van der Waals surface area contributed by atoms with Gasteiger partial charge < -0.3 is 32.3 Å². The second-order valence-corrected chi connectivity index (χ2v) is 7.67. The number of aliphatic hydroxyl groups is 1. The number of aliphatic carboxylic acids is 1. The summed E-state index contributed by atoms with van der Waals surface area (Å²) in [5.41, 5.74) is 12.3. The predicted octanol–water partition coefficient (Wildman–Crippen LogP) is -1.84. The summed E-state index contributed by atoms with van der Waals surface area (Å²) in [7, 11) is 0. The van der Waals surface area contributed by atoms with Crippen molar-refractivity contribution < 1.29 is 24.8 Å². The summed E-state index contributed by atoms with van der Waals surface area (Å²) in [6, 6.07) is 5.26. The van der Waals surface area contributed by atoms with Crippen LogP contribution >= 0.6 is 0 Å². The van der Waals surface area contributed by atoms with E-state index in [0.717, 1.165) is 0 Å². The Kier molecular flexibility index (Phi) is 8.61. The van der Waals surface area contributed by atoms with Gasteiger partial charge in [0.15, 0.2) is 0 Å². The number of carbonyl (C=O) groups is 2. The molecule has 0 spiro atoms. The first-order valence-corrected chi connectivity index (χ1v) is 10.8. The van der Waals surface area contributed by atoms with Crippen LogP contribution < -0.4 is 38.0 Å². The fourth-order valence-electron chi connectivity index (χ4n) is 3.21. The molecule has 0 aliphatic heterocycles. The lowest BCUT2D eigenvalue weighted by Gasteiger charge is -2.17. The highest BCUT2D eigenvalue weighted by Crippen LogP contribution is 2.12. The van der Waals surface area contributed by atoms with Crippen LogP contribution in [0.4, 0.5) is 11.6 Å². The third-order valence-corrected chi connectivity index (χ3v) is 5.02. The third kappa shape index (κ3) is 7.17. The number of nitrogens with one attached hydrogen (secondary N) is 5. The summed E-state index contributed by atoms with van der Waals surface area (Å²) in [5, 5.41) is 27.5. The van der Waals surface area contributed by atoms with Gasteiger partial charge in [-0.25, -0.2) is 14.8 Å². The van der Waals surface area contributed by atoms with Crippen molar-refractivity contribution in [2.45, 2.75) is 31.7 Å². The van der Waals surface area contributed by atoms with E-state index in [1.54, 1.807) is 30.5 Å². The minimum atomic E-state index is -1.20. The second kappa shape index (κ2) is 11.8. The number of carboxylic acids is 1. The van der Waals surface area contributed by atoms with E-state index < -0.39 is 29.7 Å². The Balaban J connectivity index is 1.56. The minimum absolute atomic E-state index is 0.0117. The molecule has 2 unspecified atom stereocenters. The van der Waals surface area contributed by atoms with E-state index in [9.17, 15) is 24.6 Å². The number of rotatable bonds is 12. The Morgan fingerprint density at radius 1 is 1.17 bits per heavy atom. The first-order chi connectivity index (χ1) is 16.8. The van der Waals surface area contributed by atoms with Crippen LogP contribution in [-0.2, 0) is 11.3 Å². The number of H-pyrrole nitrogens is 2. The van der Waals surface area contributed by atoms with Crippen LogP contribution in [0.15, 0.2) is 35.3 Å². The summed E-state index contributed by atoms with van der Waals surface area (Å²) in [6.45, 7) is 1.01. The normalized spacial score (nSPS) is 12.7. The van der Waals surface area contributed by atoms with Gasteiger partial charge in [0, 0.05) is 24.3 Å². The van der Waals surface area contributed by atoms with Crippen LogP contribution in [0, 0.1) is 0 Å². The average Bonchev–Trinajstić information content (AvgIpc) is 2.84. The molecule has 14 heteroatoms. The van der Waals surface area contributed by atoms with Crippen molar-refractivity contribution in [3.8, 4) is 0 Å². The molecule has 3 rings (SSSR count). The molecule has 2 aromatic heterocycles. The van der Waals surface area contributed by atoms with Gasteiger partial charge in [-0.1, -0.05) is 0 Å². The molecule has 0 aliphatic rings. The topological polar surface area (TPSA) is 236 Å². The molecule has 0 bridgehead atoms. The van der Waals surface area contributed by atoms with E-state index in [1.165, 1.54) is 0 Å². The summed E-state index contributed by atoms with van der Waals surface area (Å²) in [6.07, 6.45) is 0.859. The zero-order chi connectivity index (χ0) is 25.4. The van der Waals surface area contributed by atoms with Gasteiger partial charge in [0.25, 0.3) is 11.5 Å². The number of aliphatic hydroxyl groups excluding tert-OH is 1. The predicted molar refractivity (Wildman–Crippen MR) is 126 cm³/mol. The van der Waals surface area contributed by atoms with E-state index in [4.69, 9.17) is 11.5 Å². The number of amides is 1. The molecule has 2 heterocycles. The molecule has 0 saturated carbocycles. The number of hydrogen-bond acceptors (Lipinski definition) is 10. The number of nitrogens with zero attached hydrogens (tertiary/aromatic N) is 2. The fraction of sp³-hybridized carbons (Fsp3) is 0.333. The monoisotopic (exact) mass is 486 g/mol. The molecular weight excluding hydrogens is 458 g/mol. The number of hydrogen-bond donors (Lipinski definition) is 8. The number of aromatic nitrogens is 4. The highest BCUT2D eigenvalue weighted by Gasteiger charge is 2.22. The number of fused-ring (bicyclic) bond motifs is 1. The van der Waals surface area contributed by atoms with E-state index in [2.05, 4.69) is 35.9 Å². The van der Waals surface area contributed by atoms with Crippen molar-refractivity contribution in [3.63, 3.8) is 0 Å². The Bertz CT molecular complexity index is 1230. The van der Waals surface area contributed by atoms with Gasteiger partial charge in [-0.2, -0.15) is 0 Å². The summed E-state index contributed by atoms with van der Waals surface area (Å²) in [5.74, 6) is -1.76. The number of nitrogen functional groups attached to an aromatic ring is 1. The zero-order valence-corrected chi connectivity index (χ0v) is 18.7. The van der Waals surface area contributed by atoms with Crippen molar-refractivity contribution in [3.05, 3.63) is 52.1 Å². The Hall–Kier alpha value is -4.14. The highest BCUT2D eigenvalue weighted by atomic mass is 16.4. The van der Waals surface area contributed by atoms with Crippen molar-refractivity contribution in [1.29, 1.82) is 0 Å².